The molecular formula is C28H40O6. The van der Waals surface area contributed by atoms with E-state index in [1.807, 2.05) is 27.7 Å². The molecule has 34 heavy (non-hydrogen) atoms. The fourth-order valence-corrected chi connectivity index (χ4v) is 7.05. The first-order chi connectivity index (χ1) is 15.8. The van der Waals surface area contributed by atoms with E-state index in [2.05, 4.69) is 13.8 Å². The van der Waals surface area contributed by atoms with Crippen LogP contribution in [0.2, 0.25) is 0 Å². The lowest BCUT2D eigenvalue weighted by molar-refractivity contribution is -0.231. The van der Waals surface area contributed by atoms with Crippen molar-refractivity contribution in [3.05, 3.63) is 16.7 Å². The number of hydrogen-bond donors (Lipinski definition) is 3. The lowest BCUT2D eigenvalue weighted by Crippen LogP contribution is -2.69. The minimum Gasteiger partial charge on any atom is -0.507 e. The zero-order chi connectivity index (χ0) is 25.2. The van der Waals surface area contributed by atoms with Crippen LogP contribution >= 0.6 is 0 Å². The van der Waals surface area contributed by atoms with Gasteiger partial charge in [0.1, 0.15) is 34.0 Å². The van der Waals surface area contributed by atoms with E-state index in [4.69, 9.17) is 4.74 Å². The number of phenols is 2. The summed E-state index contributed by atoms with van der Waals surface area (Å²) in [6, 6.07) is 0. The molecule has 1 aliphatic heterocycles. The standard InChI is InChI=1S/C28H40O6/c1-14(2)9-19(30)22-24(32)18-12-17-11-16-13-21(27(16,5)6)28(17,7-8-29)34-26(18)23(25(22)33)20(31)10-15(3)4/h14-17,21,29,32-33H,7-13H2,1-6H3/t16-,17+,21+,28-/m0/s1. The molecule has 1 aromatic carbocycles. The van der Waals surface area contributed by atoms with Crippen LogP contribution < -0.4 is 4.74 Å². The van der Waals surface area contributed by atoms with Crippen molar-refractivity contribution >= 4 is 11.6 Å². The lowest BCUT2D eigenvalue weighted by atomic mass is 9.40. The SMILES string of the molecule is CC(C)CC(=O)c1c(O)c2c(c(C(=O)CC(C)C)c1O)O[C@@]1(CCO)[C@@H](C2)C[C@H]2C[C@@H]1C2(C)C. The molecule has 3 fully saturated rings. The molecule has 0 amide bonds. The van der Waals surface area contributed by atoms with Crippen LogP contribution in [0, 0.1) is 35.0 Å². The molecule has 0 aromatic heterocycles. The second-order valence-corrected chi connectivity index (χ2v) is 12.3. The maximum absolute atomic E-state index is 13.4. The Kier molecular flexibility index (Phi) is 6.29. The normalized spacial score (nSPS) is 28.7. The number of ketones is 2. The van der Waals surface area contributed by atoms with Crippen molar-refractivity contribution in [2.75, 3.05) is 6.61 Å². The van der Waals surface area contributed by atoms with Gasteiger partial charge in [0, 0.05) is 43.3 Å². The van der Waals surface area contributed by atoms with Gasteiger partial charge in [-0.1, -0.05) is 41.5 Å². The Balaban J connectivity index is 1.92. The van der Waals surface area contributed by atoms with Crippen LogP contribution in [0.3, 0.4) is 0 Å². The molecule has 4 atom stereocenters. The summed E-state index contributed by atoms with van der Waals surface area (Å²) in [4.78, 5) is 26.5. The lowest BCUT2D eigenvalue weighted by Gasteiger charge is -2.68. The summed E-state index contributed by atoms with van der Waals surface area (Å²) in [5.41, 5.74) is -0.282. The molecule has 4 aliphatic rings. The summed E-state index contributed by atoms with van der Waals surface area (Å²) in [5, 5.41) is 32.5. The summed E-state index contributed by atoms with van der Waals surface area (Å²) in [7, 11) is 0. The fraction of sp³-hybridized carbons (Fsp3) is 0.714. The Morgan fingerprint density at radius 1 is 0.941 bits per heavy atom. The molecule has 1 aromatic rings. The van der Waals surface area contributed by atoms with E-state index >= 15 is 0 Å². The van der Waals surface area contributed by atoms with Crippen molar-refractivity contribution in [1.82, 2.24) is 0 Å². The van der Waals surface area contributed by atoms with E-state index in [9.17, 15) is 24.9 Å². The van der Waals surface area contributed by atoms with Crippen molar-refractivity contribution in [2.45, 2.75) is 85.7 Å². The first kappa shape index (κ1) is 25.0. The molecule has 188 valence electrons. The van der Waals surface area contributed by atoms with Crippen LogP contribution in [-0.4, -0.2) is 39.1 Å². The Morgan fingerprint density at radius 3 is 2.06 bits per heavy atom. The van der Waals surface area contributed by atoms with Crippen LogP contribution in [-0.2, 0) is 6.42 Å². The molecule has 0 spiro atoms. The molecule has 6 nitrogen and oxygen atoms in total. The third kappa shape index (κ3) is 3.64. The van der Waals surface area contributed by atoms with Crippen molar-refractivity contribution in [3.63, 3.8) is 0 Å². The predicted molar refractivity (Wildman–Crippen MR) is 130 cm³/mol. The van der Waals surface area contributed by atoms with Gasteiger partial charge in [-0.25, -0.2) is 0 Å². The third-order valence-corrected chi connectivity index (χ3v) is 8.81. The number of hydrogen-bond acceptors (Lipinski definition) is 6. The molecule has 5 rings (SSSR count). The van der Waals surface area contributed by atoms with E-state index in [1.54, 1.807) is 0 Å². The van der Waals surface area contributed by atoms with Crippen LogP contribution in [0.25, 0.3) is 0 Å². The Morgan fingerprint density at radius 2 is 1.53 bits per heavy atom. The van der Waals surface area contributed by atoms with Crippen molar-refractivity contribution in [3.8, 4) is 17.2 Å². The number of ether oxygens (including phenoxy) is 1. The second-order valence-electron chi connectivity index (χ2n) is 12.3. The van der Waals surface area contributed by atoms with Gasteiger partial charge in [0.15, 0.2) is 11.6 Å². The molecule has 3 N–H and O–H groups in total. The first-order valence-corrected chi connectivity index (χ1v) is 12.8. The van der Waals surface area contributed by atoms with E-state index in [-0.39, 0.29) is 82.7 Å². The van der Waals surface area contributed by atoms with E-state index in [0.29, 0.717) is 24.3 Å². The highest BCUT2D eigenvalue weighted by atomic mass is 16.5. The number of aliphatic hydroxyl groups excluding tert-OH is 1. The average molecular weight is 473 g/mol. The number of phenolic OH excluding ortho intramolecular Hbond substituents is 2. The Bertz CT molecular complexity index is 1010. The molecule has 2 bridgehead atoms. The smallest absolute Gasteiger partial charge is 0.170 e. The van der Waals surface area contributed by atoms with Crippen molar-refractivity contribution < 1.29 is 29.6 Å². The second kappa shape index (κ2) is 8.54. The number of carbonyl (C=O) groups is 2. The number of aromatic hydroxyl groups is 2. The molecule has 6 heteroatoms. The van der Waals surface area contributed by atoms with Crippen molar-refractivity contribution in [2.24, 2.45) is 35.0 Å². The minimum atomic E-state index is -0.658. The largest absolute Gasteiger partial charge is 0.507 e. The molecule has 0 saturated heterocycles. The molecular weight excluding hydrogens is 432 g/mol. The van der Waals surface area contributed by atoms with Gasteiger partial charge in [-0.05, 0) is 42.4 Å². The summed E-state index contributed by atoms with van der Waals surface area (Å²) in [5.74, 6) is -0.248. The van der Waals surface area contributed by atoms with Crippen LogP contribution in [0.15, 0.2) is 0 Å². The van der Waals surface area contributed by atoms with Crippen LogP contribution in [0.4, 0.5) is 0 Å². The molecule has 0 radical (unpaired) electrons. The number of aliphatic hydroxyl groups is 1. The van der Waals surface area contributed by atoms with Gasteiger partial charge in [-0.2, -0.15) is 0 Å². The first-order valence-electron chi connectivity index (χ1n) is 12.8. The summed E-state index contributed by atoms with van der Waals surface area (Å²) in [6.07, 6.45) is 3.18. The maximum Gasteiger partial charge on any atom is 0.170 e. The van der Waals surface area contributed by atoms with Gasteiger partial charge >= 0.3 is 0 Å². The van der Waals surface area contributed by atoms with Gasteiger partial charge in [-0.15, -0.1) is 0 Å². The van der Waals surface area contributed by atoms with E-state index < -0.39 is 11.4 Å². The minimum absolute atomic E-state index is 0.0172. The van der Waals surface area contributed by atoms with Gasteiger partial charge in [0.05, 0.1) is 0 Å². The highest BCUT2D eigenvalue weighted by molar-refractivity contribution is 6.09. The number of benzene rings is 1. The monoisotopic (exact) mass is 472 g/mol. The summed E-state index contributed by atoms with van der Waals surface area (Å²) in [6.45, 7) is 12.1. The zero-order valence-corrected chi connectivity index (χ0v) is 21.4. The highest BCUT2D eigenvalue weighted by Crippen LogP contribution is 2.69. The summed E-state index contributed by atoms with van der Waals surface area (Å²) < 4.78 is 6.75. The predicted octanol–water partition coefficient (Wildman–Crippen LogP) is 5.29. The average Bonchev–Trinajstić information content (AvgIpc) is 2.71. The quantitative estimate of drug-likeness (QED) is 0.444. The fourth-order valence-electron chi connectivity index (χ4n) is 7.05. The van der Waals surface area contributed by atoms with Gasteiger partial charge < -0.3 is 20.1 Å². The van der Waals surface area contributed by atoms with Crippen molar-refractivity contribution in [1.29, 1.82) is 0 Å². The van der Waals surface area contributed by atoms with Gasteiger partial charge in [0.25, 0.3) is 0 Å². The van der Waals surface area contributed by atoms with Gasteiger partial charge in [-0.3, -0.25) is 9.59 Å². The molecule has 1 heterocycles. The maximum atomic E-state index is 13.4. The number of rotatable bonds is 8. The number of carbonyl (C=O) groups excluding carboxylic acids is 2. The van der Waals surface area contributed by atoms with Crippen LogP contribution in [0.5, 0.6) is 17.2 Å². The Hall–Kier alpha value is -2.08. The third-order valence-electron chi connectivity index (χ3n) is 8.81. The zero-order valence-electron chi connectivity index (χ0n) is 21.4. The molecule has 0 unspecified atom stereocenters. The van der Waals surface area contributed by atoms with Gasteiger partial charge in [0.2, 0.25) is 0 Å². The summed E-state index contributed by atoms with van der Waals surface area (Å²) >= 11 is 0. The molecule has 3 aliphatic carbocycles. The van der Waals surface area contributed by atoms with E-state index in [0.717, 1.165) is 12.8 Å². The number of Topliss-reactive ketones (excluding diaryl/α,β-unsaturated/α-hetero) is 2. The Labute approximate surface area is 202 Å². The topological polar surface area (TPSA) is 104 Å². The molecule has 3 saturated carbocycles. The van der Waals surface area contributed by atoms with E-state index in [1.165, 1.54) is 0 Å². The number of fused-ring (bicyclic) bond motifs is 1. The highest BCUT2D eigenvalue weighted by Gasteiger charge is 2.67. The van der Waals surface area contributed by atoms with Crippen LogP contribution in [0.1, 0.15) is 99.9 Å².